The van der Waals surface area contributed by atoms with Crippen molar-refractivity contribution in [3.63, 3.8) is 0 Å². The first-order chi connectivity index (χ1) is 9.15. The summed E-state index contributed by atoms with van der Waals surface area (Å²) in [4.78, 5) is 11.5. The molecule has 0 spiro atoms. The molecule has 0 aliphatic rings. The number of nitrogens with one attached hydrogen (secondary N) is 1. The van der Waals surface area contributed by atoms with Crippen LogP contribution in [0.3, 0.4) is 0 Å². The van der Waals surface area contributed by atoms with E-state index in [0.29, 0.717) is 0 Å². The van der Waals surface area contributed by atoms with Crippen molar-refractivity contribution in [3.8, 4) is 0 Å². The van der Waals surface area contributed by atoms with Gasteiger partial charge in [-0.1, -0.05) is 33.2 Å². The van der Waals surface area contributed by atoms with E-state index in [1.54, 1.807) is 0 Å². The Kier molecular flexibility index (Phi) is 4.24. The molecule has 98 valence electrons. The summed E-state index contributed by atoms with van der Waals surface area (Å²) in [6.07, 6.45) is 1.50. The van der Waals surface area contributed by atoms with Gasteiger partial charge in [-0.25, -0.2) is 10.1 Å². The van der Waals surface area contributed by atoms with Gasteiger partial charge in [0.1, 0.15) is 5.69 Å². The van der Waals surface area contributed by atoms with Crippen molar-refractivity contribution in [2.45, 2.75) is 6.42 Å². The second-order valence-electron chi connectivity index (χ2n) is 3.62. The number of aromatic nitrogens is 2. The number of hydrogen-bond donors (Lipinski definition) is 2. The maximum absolute atomic E-state index is 11.5. The first-order valence-electron chi connectivity index (χ1n) is 5.29. The largest absolute Gasteiger partial charge is 0.379 e. The molecule has 0 saturated carbocycles. The summed E-state index contributed by atoms with van der Waals surface area (Å²) in [5, 5.41) is 10.7. The van der Waals surface area contributed by atoms with Crippen molar-refractivity contribution < 1.29 is 9.42 Å². The number of anilines is 1. The minimum absolute atomic E-state index is 0.0347. The van der Waals surface area contributed by atoms with Crippen LogP contribution in [0.1, 0.15) is 11.3 Å². The van der Waals surface area contributed by atoms with Crippen LogP contribution in [0.2, 0.25) is 0 Å². The lowest BCUT2D eigenvalue weighted by molar-refractivity contribution is -0.120. The van der Waals surface area contributed by atoms with Crippen LogP contribution in [0, 0.1) is 0 Å². The fourth-order valence-electron chi connectivity index (χ4n) is 1.26. The van der Waals surface area contributed by atoms with E-state index in [9.17, 15) is 4.79 Å². The van der Waals surface area contributed by atoms with Gasteiger partial charge in [0.2, 0.25) is 5.91 Å². The zero-order valence-corrected chi connectivity index (χ0v) is 11.3. The van der Waals surface area contributed by atoms with Gasteiger partial charge in [-0.3, -0.25) is 4.79 Å². The zero-order chi connectivity index (χ0) is 13.7. The molecule has 1 aromatic heterocycles. The second kappa shape index (κ2) is 6.10. The molecule has 0 unspecified atom stereocenters. The second-order valence-corrected chi connectivity index (χ2v) is 4.53. The SMILES string of the molecule is Nc1nonc1CC(=O)NN=Cc1ccc(Br)cc1. The summed E-state index contributed by atoms with van der Waals surface area (Å²) < 4.78 is 5.36. The molecule has 0 fully saturated rings. The fraction of sp³-hybridized carbons (Fsp3) is 0.0909. The summed E-state index contributed by atoms with van der Waals surface area (Å²) in [6, 6.07) is 7.48. The number of nitrogen functional groups attached to an aromatic ring is 1. The molecule has 19 heavy (non-hydrogen) atoms. The van der Waals surface area contributed by atoms with Gasteiger partial charge in [0.05, 0.1) is 12.6 Å². The number of halogens is 1. The molecule has 0 atom stereocenters. The van der Waals surface area contributed by atoms with E-state index >= 15 is 0 Å². The van der Waals surface area contributed by atoms with E-state index in [-0.39, 0.29) is 23.8 Å². The average molecular weight is 324 g/mol. The monoisotopic (exact) mass is 323 g/mol. The van der Waals surface area contributed by atoms with E-state index in [1.807, 2.05) is 24.3 Å². The van der Waals surface area contributed by atoms with Crippen LogP contribution < -0.4 is 11.2 Å². The molecule has 8 heteroatoms. The standard InChI is InChI=1S/C11H10BrN5O2/c12-8-3-1-7(2-4-8)6-14-15-10(18)5-9-11(13)17-19-16-9/h1-4,6H,5H2,(H2,13,17)(H,15,18). The number of hydrogen-bond acceptors (Lipinski definition) is 6. The number of hydrazone groups is 1. The summed E-state index contributed by atoms with van der Waals surface area (Å²) in [5.41, 5.74) is 8.95. The number of rotatable bonds is 4. The first kappa shape index (κ1) is 13.2. The van der Waals surface area contributed by atoms with E-state index in [2.05, 4.69) is 41.4 Å². The molecular formula is C11H10BrN5O2. The highest BCUT2D eigenvalue weighted by atomic mass is 79.9. The van der Waals surface area contributed by atoms with Gasteiger partial charge in [-0.2, -0.15) is 5.10 Å². The van der Waals surface area contributed by atoms with Crippen LogP contribution >= 0.6 is 15.9 Å². The van der Waals surface area contributed by atoms with Crippen LogP contribution in [-0.4, -0.2) is 22.4 Å². The lowest BCUT2D eigenvalue weighted by atomic mass is 10.2. The third-order valence-electron chi connectivity index (χ3n) is 2.19. The highest BCUT2D eigenvalue weighted by Gasteiger charge is 2.10. The molecule has 3 N–H and O–H groups in total. The fourth-order valence-corrected chi connectivity index (χ4v) is 1.52. The predicted octanol–water partition coefficient (Wildman–Crippen LogP) is 1.11. The van der Waals surface area contributed by atoms with E-state index in [0.717, 1.165) is 10.0 Å². The number of carbonyl (C=O) groups excluding carboxylic acids is 1. The number of nitrogens with zero attached hydrogens (tertiary/aromatic N) is 3. The summed E-state index contributed by atoms with van der Waals surface area (Å²) in [5.74, 6) is -0.247. The third kappa shape index (κ3) is 3.88. The smallest absolute Gasteiger partial charge is 0.246 e. The Morgan fingerprint density at radius 1 is 1.42 bits per heavy atom. The molecule has 0 aliphatic heterocycles. The average Bonchev–Trinajstić information content (AvgIpc) is 2.78. The van der Waals surface area contributed by atoms with Crippen molar-refractivity contribution in [2.24, 2.45) is 5.10 Å². The molecule has 0 saturated heterocycles. The Morgan fingerprint density at radius 2 is 2.16 bits per heavy atom. The van der Waals surface area contributed by atoms with Crippen LogP contribution in [0.15, 0.2) is 38.5 Å². The Balaban J connectivity index is 1.86. The maximum Gasteiger partial charge on any atom is 0.246 e. The number of carbonyl (C=O) groups is 1. The normalized spacial score (nSPS) is 10.8. The molecule has 0 radical (unpaired) electrons. The zero-order valence-electron chi connectivity index (χ0n) is 9.71. The minimum Gasteiger partial charge on any atom is -0.379 e. The highest BCUT2D eigenvalue weighted by molar-refractivity contribution is 9.10. The minimum atomic E-state index is -0.351. The highest BCUT2D eigenvalue weighted by Crippen LogP contribution is 2.09. The molecule has 2 rings (SSSR count). The van der Waals surface area contributed by atoms with E-state index in [1.165, 1.54) is 6.21 Å². The topological polar surface area (TPSA) is 106 Å². The molecular weight excluding hydrogens is 314 g/mol. The molecule has 0 aliphatic carbocycles. The van der Waals surface area contributed by atoms with E-state index in [4.69, 9.17) is 5.73 Å². The lowest BCUT2D eigenvalue weighted by Crippen LogP contribution is -2.20. The van der Waals surface area contributed by atoms with Crippen molar-refractivity contribution in [3.05, 3.63) is 40.0 Å². The number of nitrogens with two attached hydrogens (primary N) is 1. The van der Waals surface area contributed by atoms with Crippen molar-refractivity contribution in [2.75, 3.05) is 5.73 Å². The van der Waals surface area contributed by atoms with Crippen LogP contribution in [0.4, 0.5) is 5.82 Å². The molecule has 0 bridgehead atoms. The Hall–Kier alpha value is -2.22. The van der Waals surface area contributed by atoms with Crippen molar-refractivity contribution >= 4 is 33.9 Å². The van der Waals surface area contributed by atoms with Gasteiger partial charge >= 0.3 is 0 Å². The van der Waals surface area contributed by atoms with Gasteiger partial charge in [-0.05, 0) is 22.9 Å². The van der Waals surface area contributed by atoms with Crippen LogP contribution in [0.25, 0.3) is 0 Å². The Labute approximate surface area is 117 Å². The molecule has 7 nitrogen and oxygen atoms in total. The Bertz CT molecular complexity index is 593. The van der Waals surface area contributed by atoms with Gasteiger partial charge in [0, 0.05) is 4.47 Å². The molecule has 1 aromatic carbocycles. The van der Waals surface area contributed by atoms with Gasteiger partial charge < -0.3 is 5.73 Å². The predicted molar refractivity (Wildman–Crippen MR) is 72.3 cm³/mol. The molecule has 2 aromatic rings. The summed E-state index contributed by atoms with van der Waals surface area (Å²) in [6.45, 7) is 0. The summed E-state index contributed by atoms with van der Waals surface area (Å²) in [7, 11) is 0. The molecule has 1 amide bonds. The Morgan fingerprint density at radius 3 is 2.79 bits per heavy atom. The lowest BCUT2D eigenvalue weighted by Gasteiger charge is -1.97. The van der Waals surface area contributed by atoms with Crippen LogP contribution in [0.5, 0.6) is 0 Å². The molecule has 1 heterocycles. The maximum atomic E-state index is 11.5. The quantitative estimate of drug-likeness (QED) is 0.647. The van der Waals surface area contributed by atoms with Gasteiger partial charge in [-0.15, -0.1) is 0 Å². The summed E-state index contributed by atoms with van der Waals surface area (Å²) >= 11 is 3.33. The third-order valence-corrected chi connectivity index (χ3v) is 2.72. The van der Waals surface area contributed by atoms with Crippen LogP contribution in [-0.2, 0) is 11.2 Å². The van der Waals surface area contributed by atoms with Crippen molar-refractivity contribution in [1.82, 2.24) is 15.7 Å². The van der Waals surface area contributed by atoms with Gasteiger partial charge in [0.15, 0.2) is 5.82 Å². The number of amides is 1. The first-order valence-corrected chi connectivity index (χ1v) is 6.09. The van der Waals surface area contributed by atoms with Gasteiger partial charge in [0.25, 0.3) is 0 Å². The number of benzene rings is 1. The van der Waals surface area contributed by atoms with Crippen molar-refractivity contribution in [1.29, 1.82) is 0 Å². The van der Waals surface area contributed by atoms with E-state index < -0.39 is 0 Å².